The average Bonchev–Trinajstić information content (AvgIpc) is 3.11. The summed E-state index contributed by atoms with van der Waals surface area (Å²) in [6.45, 7) is 2.00. The van der Waals surface area contributed by atoms with Crippen molar-refractivity contribution < 1.29 is 22.3 Å². The zero-order valence-corrected chi connectivity index (χ0v) is 17.6. The van der Waals surface area contributed by atoms with E-state index in [0.29, 0.717) is 37.2 Å². The molecule has 1 aromatic heterocycles. The molecule has 0 unspecified atom stereocenters. The molecule has 0 atom stereocenters. The van der Waals surface area contributed by atoms with Crippen LogP contribution in [0.1, 0.15) is 5.56 Å². The lowest BCUT2D eigenvalue weighted by molar-refractivity contribution is -0.135. The summed E-state index contributed by atoms with van der Waals surface area (Å²) in [5.74, 6) is -1.35. The van der Waals surface area contributed by atoms with Crippen molar-refractivity contribution in [1.82, 2.24) is 9.47 Å². The van der Waals surface area contributed by atoms with Crippen molar-refractivity contribution in [3.63, 3.8) is 0 Å². The fraction of sp³-hybridized carbons (Fsp3) is 0.286. The molecular formula is C21H20ClFN2O4S. The first-order chi connectivity index (χ1) is 14.4. The van der Waals surface area contributed by atoms with Crippen LogP contribution in [0.15, 0.2) is 53.6 Å². The van der Waals surface area contributed by atoms with Crippen molar-refractivity contribution in [3.05, 3.63) is 65.1 Å². The van der Waals surface area contributed by atoms with E-state index in [1.165, 1.54) is 24.4 Å². The van der Waals surface area contributed by atoms with Gasteiger partial charge in [0.05, 0.1) is 23.9 Å². The quantitative estimate of drug-likeness (QED) is 0.598. The van der Waals surface area contributed by atoms with E-state index in [1.807, 2.05) is 0 Å². The molecule has 0 N–H and O–H groups in total. The predicted octanol–water partition coefficient (Wildman–Crippen LogP) is 3.27. The van der Waals surface area contributed by atoms with E-state index in [-0.39, 0.29) is 27.9 Å². The van der Waals surface area contributed by atoms with Gasteiger partial charge in [-0.25, -0.2) is 12.8 Å². The Kier molecular flexibility index (Phi) is 5.81. The van der Waals surface area contributed by atoms with Crippen molar-refractivity contribution in [2.24, 2.45) is 0 Å². The second-order valence-electron chi connectivity index (χ2n) is 7.09. The molecule has 0 bridgehead atoms. The van der Waals surface area contributed by atoms with Gasteiger partial charge in [-0.15, -0.1) is 0 Å². The van der Waals surface area contributed by atoms with Gasteiger partial charge >= 0.3 is 0 Å². The molecule has 0 radical (unpaired) electrons. The maximum Gasteiger partial charge on any atom is 0.242 e. The molecule has 2 aromatic carbocycles. The number of ether oxygens (including phenoxy) is 1. The SMILES string of the molecule is O=C(Cn1cc(S(=O)(=O)Cc2c(F)cccc2Cl)c2ccccc21)N1CCOCC1. The first kappa shape index (κ1) is 20.8. The molecule has 1 aliphatic heterocycles. The molecule has 0 spiro atoms. The summed E-state index contributed by atoms with van der Waals surface area (Å²) in [6.07, 6.45) is 1.45. The van der Waals surface area contributed by atoms with Gasteiger partial charge in [0.15, 0.2) is 9.84 Å². The van der Waals surface area contributed by atoms with E-state index in [0.717, 1.165) is 0 Å². The molecule has 6 nitrogen and oxygen atoms in total. The Hall–Kier alpha value is -2.42. The summed E-state index contributed by atoms with van der Waals surface area (Å²) < 4.78 is 47.4. The highest BCUT2D eigenvalue weighted by Crippen LogP contribution is 2.30. The highest BCUT2D eigenvalue weighted by Gasteiger charge is 2.25. The molecular weight excluding hydrogens is 431 g/mol. The molecule has 2 heterocycles. The molecule has 1 amide bonds. The van der Waals surface area contributed by atoms with Crippen molar-refractivity contribution in [2.75, 3.05) is 26.3 Å². The normalized spacial score (nSPS) is 14.9. The fourth-order valence-corrected chi connectivity index (χ4v) is 5.52. The number of para-hydroxylation sites is 1. The van der Waals surface area contributed by atoms with Gasteiger partial charge in [-0.05, 0) is 18.2 Å². The van der Waals surface area contributed by atoms with Gasteiger partial charge in [-0.2, -0.15) is 0 Å². The number of fused-ring (bicyclic) bond motifs is 1. The number of morpholine rings is 1. The Morgan fingerprint density at radius 1 is 1.10 bits per heavy atom. The second kappa shape index (κ2) is 8.37. The van der Waals surface area contributed by atoms with E-state index >= 15 is 0 Å². The topological polar surface area (TPSA) is 68.6 Å². The van der Waals surface area contributed by atoms with Crippen molar-refractivity contribution in [1.29, 1.82) is 0 Å². The maximum absolute atomic E-state index is 14.2. The van der Waals surface area contributed by atoms with E-state index in [9.17, 15) is 17.6 Å². The number of hydrogen-bond acceptors (Lipinski definition) is 4. The first-order valence-corrected chi connectivity index (χ1v) is 11.5. The number of halogens is 2. The van der Waals surface area contributed by atoms with E-state index in [4.69, 9.17) is 16.3 Å². The summed E-state index contributed by atoms with van der Waals surface area (Å²) in [4.78, 5) is 14.4. The molecule has 1 aliphatic rings. The van der Waals surface area contributed by atoms with Gasteiger partial charge < -0.3 is 14.2 Å². The van der Waals surface area contributed by atoms with Crippen LogP contribution in [0.2, 0.25) is 5.02 Å². The third-order valence-electron chi connectivity index (χ3n) is 5.15. The lowest BCUT2D eigenvalue weighted by Crippen LogP contribution is -2.42. The number of sulfone groups is 1. The minimum Gasteiger partial charge on any atom is -0.378 e. The summed E-state index contributed by atoms with van der Waals surface area (Å²) >= 11 is 6.03. The first-order valence-electron chi connectivity index (χ1n) is 9.46. The van der Waals surface area contributed by atoms with Crippen LogP contribution in [0.4, 0.5) is 4.39 Å². The number of carbonyl (C=O) groups excluding carboxylic acids is 1. The zero-order chi connectivity index (χ0) is 21.3. The molecule has 9 heteroatoms. The van der Waals surface area contributed by atoms with Crippen LogP contribution in [0.5, 0.6) is 0 Å². The number of benzene rings is 2. The third kappa shape index (κ3) is 4.08. The standard InChI is InChI=1S/C21H20ClFN2O4S/c22-17-5-3-6-18(23)16(17)14-30(27,28)20-12-25(19-7-2-1-4-15(19)20)13-21(26)24-8-10-29-11-9-24/h1-7,12H,8-11,13-14H2. The molecule has 158 valence electrons. The van der Waals surface area contributed by atoms with Gasteiger partial charge in [0.2, 0.25) is 5.91 Å². The minimum absolute atomic E-state index is 0.0104. The monoisotopic (exact) mass is 450 g/mol. The predicted molar refractivity (Wildman–Crippen MR) is 112 cm³/mol. The Balaban J connectivity index is 1.70. The minimum atomic E-state index is -3.91. The van der Waals surface area contributed by atoms with Crippen LogP contribution < -0.4 is 0 Å². The summed E-state index contributed by atoms with van der Waals surface area (Å²) in [7, 11) is -3.91. The lowest BCUT2D eigenvalue weighted by atomic mass is 10.2. The number of aromatic nitrogens is 1. The van der Waals surface area contributed by atoms with Gasteiger partial charge in [0.1, 0.15) is 12.4 Å². The van der Waals surface area contributed by atoms with Crippen LogP contribution in [-0.2, 0) is 31.7 Å². The Morgan fingerprint density at radius 2 is 1.83 bits per heavy atom. The van der Waals surface area contributed by atoms with Crippen LogP contribution >= 0.6 is 11.6 Å². The molecule has 3 aromatic rings. The molecule has 30 heavy (non-hydrogen) atoms. The Morgan fingerprint density at radius 3 is 2.57 bits per heavy atom. The van der Waals surface area contributed by atoms with E-state index < -0.39 is 21.4 Å². The van der Waals surface area contributed by atoms with Crippen LogP contribution in [0.25, 0.3) is 10.9 Å². The number of carbonyl (C=O) groups is 1. The smallest absolute Gasteiger partial charge is 0.242 e. The molecule has 0 aliphatic carbocycles. The van der Waals surface area contributed by atoms with E-state index in [2.05, 4.69) is 0 Å². The van der Waals surface area contributed by atoms with Gasteiger partial charge in [0, 0.05) is 40.8 Å². The van der Waals surface area contributed by atoms with Crippen molar-refractivity contribution >= 4 is 38.2 Å². The second-order valence-corrected chi connectivity index (χ2v) is 9.46. The number of amides is 1. The van der Waals surface area contributed by atoms with Gasteiger partial charge in [-0.1, -0.05) is 35.9 Å². The van der Waals surface area contributed by atoms with Gasteiger partial charge in [-0.3, -0.25) is 4.79 Å². The maximum atomic E-state index is 14.2. The van der Waals surface area contributed by atoms with Crippen LogP contribution in [0, 0.1) is 5.82 Å². The largest absolute Gasteiger partial charge is 0.378 e. The van der Waals surface area contributed by atoms with Crippen molar-refractivity contribution in [3.8, 4) is 0 Å². The highest BCUT2D eigenvalue weighted by molar-refractivity contribution is 7.90. The van der Waals surface area contributed by atoms with Crippen LogP contribution in [-0.4, -0.2) is 50.1 Å². The molecule has 0 saturated carbocycles. The average molecular weight is 451 g/mol. The summed E-state index contributed by atoms with van der Waals surface area (Å²) in [6, 6.07) is 11.0. The summed E-state index contributed by atoms with van der Waals surface area (Å²) in [5, 5.41) is 0.546. The third-order valence-corrected chi connectivity index (χ3v) is 7.17. The molecule has 4 rings (SSSR count). The van der Waals surface area contributed by atoms with E-state index in [1.54, 1.807) is 33.7 Å². The van der Waals surface area contributed by atoms with Crippen LogP contribution in [0.3, 0.4) is 0 Å². The lowest BCUT2D eigenvalue weighted by Gasteiger charge is -2.27. The Labute approximate surface area is 178 Å². The van der Waals surface area contributed by atoms with Gasteiger partial charge in [0.25, 0.3) is 0 Å². The molecule has 1 saturated heterocycles. The number of hydrogen-bond donors (Lipinski definition) is 0. The Bertz CT molecular complexity index is 1180. The summed E-state index contributed by atoms with van der Waals surface area (Å²) in [5.41, 5.74) is 0.553. The van der Waals surface area contributed by atoms with Crippen molar-refractivity contribution in [2.45, 2.75) is 17.2 Å². The number of nitrogens with zero attached hydrogens (tertiary/aromatic N) is 2. The zero-order valence-electron chi connectivity index (χ0n) is 16.1. The molecule has 1 fully saturated rings. The highest BCUT2D eigenvalue weighted by atomic mass is 35.5. The number of rotatable bonds is 5. The fourth-order valence-electron chi connectivity index (χ4n) is 3.59.